The van der Waals surface area contributed by atoms with Gasteiger partial charge >= 0.3 is 0 Å². The summed E-state index contributed by atoms with van der Waals surface area (Å²) in [4.78, 5) is 5.54. The second kappa shape index (κ2) is 7.59. The molecule has 0 aliphatic carbocycles. The molecule has 1 atom stereocenters. The summed E-state index contributed by atoms with van der Waals surface area (Å²) in [6, 6.07) is 0. The van der Waals surface area contributed by atoms with E-state index in [0.29, 0.717) is 6.54 Å². The van der Waals surface area contributed by atoms with Crippen LogP contribution in [0.2, 0.25) is 0 Å². The summed E-state index contributed by atoms with van der Waals surface area (Å²) in [5.41, 5.74) is 0. The second-order valence-electron chi connectivity index (χ2n) is 2.21. The van der Waals surface area contributed by atoms with Crippen LogP contribution >= 0.6 is 0 Å². The molecule has 1 unspecified atom stereocenters. The molecule has 0 amide bonds. The molecule has 0 bridgehead atoms. The van der Waals surface area contributed by atoms with Gasteiger partial charge in [0.1, 0.15) is 6.61 Å². The van der Waals surface area contributed by atoms with Crippen LogP contribution < -0.4 is 0 Å². The standard InChI is InChI=1S/C5H13NO3.Ir/c1-6(2)3-5(7)4-9-8;/h5,7-8H,3-4H2,1-2H3;. The molecule has 1 radical (unpaired) electrons. The van der Waals surface area contributed by atoms with Gasteiger partial charge in [-0.15, -0.1) is 0 Å². The largest absolute Gasteiger partial charge is 0.389 e. The molecule has 0 rings (SSSR count). The van der Waals surface area contributed by atoms with Gasteiger partial charge in [0.2, 0.25) is 0 Å². The fraction of sp³-hybridized carbons (Fsp3) is 1.00. The van der Waals surface area contributed by atoms with E-state index in [1.807, 2.05) is 19.0 Å². The van der Waals surface area contributed by atoms with Gasteiger partial charge in [0.05, 0.1) is 6.10 Å². The van der Waals surface area contributed by atoms with E-state index in [1.54, 1.807) is 0 Å². The van der Waals surface area contributed by atoms with Crippen LogP contribution in [0.5, 0.6) is 0 Å². The van der Waals surface area contributed by atoms with E-state index in [1.165, 1.54) is 0 Å². The monoisotopic (exact) mass is 328 g/mol. The smallest absolute Gasteiger partial charge is 0.109 e. The van der Waals surface area contributed by atoms with Crippen molar-refractivity contribution >= 4 is 0 Å². The molecule has 0 spiro atoms. The maximum atomic E-state index is 8.89. The molecule has 10 heavy (non-hydrogen) atoms. The van der Waals surface area contributed by atoms with Crippen molar-refractivity contribution in [2.45, 2.75) is 6.10 Å². The van der Waals surface area contributed by atoms with Crippen molar-refractivity contribution in [3.63, 3.8) is 0 Å². The van der Waals surface area contributed by atoms with Gasteiger partial charge in [-0.1, -0.05) is 0 Å². The van der Waals surface area contributed by atoms with E-state index >= 15 is 0 Å². The van der Waals surface area contributed by atoms with Crippen LogP contribution in [0, 0.1) is 0 Å². The van der Waals surface area contributed by atoms with Crippen LogP contribution in [0.25, 0.3) is 0 Å². The van der Waals surface area contributed by atoms with E-state index in [0.717, 1.165) is 0 Å². The summed E-state index contributed by atoms with van der Waals surface area (Å²) < 4.78 is 0. The Kier molecular flexibility index (Phi) is 9.95. The number of hydrogen-bond donors (Lipinski definition) is 2. The van der Waals surface area contributed by atoms with Crippen molar-refractivity contribution in [3.8, 4) is 0 Å². The van der Waals surface area contributed by atoms with Crippen molar-refractivity contribution in [3.05, 3.63) is 0 Å². The zero-order valence-corrected chi connectivity index (χ0v) is 8.47. The van der Waals surface area contributed by atoms with Crippen molar-refractivity contribution in [2.24, 2.45) is 0 Å². The zero-order chi connectivity index (χ0) is 7.28. The molecule has 5 heteroatoms. The number of nitrogens with zero attached hydrogens (tertiary/aromatic N) is 1. The fourth-order valence-corrected chi connectivity index (χ4v) is 0.560. The number of likely N-dealkylation sites (N-methyl/N-ethyl adjacent to an activating group) is 1. The summed E-state index contributed by atoms with van der Waals surface area (Å²) in [5, 5.41) is 16.8. The zero-order valence-electron chi connectivity index (χ0n) is 6.07. The third-order valence-electron chi connectivity index (χ3n) is 0.843. The minimum atomic E-state index is -0.606. The van der Waals surface area contributed by atoms with Gasteiger partial charge in [0.25, 0.3) is 0 Å². The molecule has 0 aliphatic rings. The van der Waals surface area contributed by atoms with Gasteiger partial charge in [0.15, 0.2) is 0 Å². The molecule has 0 aromatic rings. The summed E-state index contributed by atoms with van der Waals surface area (Å²) in [6.07, 6.45) is -0.606. The molecule has 0 fully saturated rings. The van der Waals surface area contributed by atoms with Crippen LogP contribution in [-0.4, -0.2) is 48.6 Å². The van der Waals surface area contributed by atoms with Crippen LogP contribution in [0.4, 0.5) is 0 Å². The number of aliphatic hydroxyl groups is 1. The number of hydrogen-bond acceptors (Lipinski definition) is 4. The summed E-state index contributed by atoms with van der Waals surface area (Å²) in [5.74, 6) is 0. The average Bonchev–Trinajstić information content (AvgIpc) is 1.63. The van der Waals surface area contributed by atoms with Gasteiger partial charge in [-0.3, -0.25) is 5.26 Å². The Morgan fingerprint density at radius 3 is 2.30 bits per heavy atom. The van der Waals surface area contributed by atoms with E-state index in [9.17, 15) is 0 Å². The normalized spacial score (nSPS) is 12.9. The Balaban J connectivity index is 0. The van der Waals surface area contributed by atoms with E-state index in [-0.39, 0.29) is 26.7 Å². The van der Waals surface area contributed by atoms with E-state index in [2.05, 4.69) is 4.89 Å². The fourth-order valence-electron chi connectivity index (χ4n) is 0.560. The van der Waals surface area contributed by atoms with Gasteiger partial charge < -0.3 is 10.0 Å². The third-order valence-corrected chi connectivity index (χ3v) is 0.843. The number of rotatable bonds is 4. The maximum Gasteiger partial charge on any atom is 0.109 e. The molecular formula is C5H13IrNO3. The minimum Gasteiger partial charge on any atom is -0.389 e. The van der Waals surface area contributed by atoms with Crippen molar-refractivity contribution in [1.29, 1.82) is 0 Å². The Morgan fingerprint density at radius 1 is 1.50 bits per heavy atom. The van der Waals surface area contributed by atoms with Gasteiger partial charge in [-0.05, 0) is 14.1 Å². The minimum absolute atomic E-state index is 0. The first-order valence-electron chi connectivity index (χ1n) is 2.76. The average molecular weight is 327 g/mol. The van der Waals surface area contributed by atoms with Gasteiger partial charge in [0, 0.05) is 26.7 Å². The molecule has 65 valence electrons. The van der Waals surface area contributed by atoms with Gasteiger partial charge in [-0.25, -0.2) is 4.89 Å². The first kappa shape index (κ1) is 13.1. The Labute approximate surface area is 74.1 Å². The predicted octanol–water partition coefficient (Wildman–Crippen LogP) is -0.604. The summed E-state index contributed by atoms with van der Waals surface area (Å²) >= 11 is 0. The molecule has 4 nitrogen and oxygen atoms in total. The topological polar surface area (TPSA) is 52.9 Å². The van der Waals surface area contributed by atoms with Crippen molar-refractivity contribution < 1.29 is 35.4 Å². The van der Waals surface area contributed by atoms with Crippen LogP contribution in [0.1, 0.15) is 0 Å². The number of aliphatic hydroxyl groups excluding tert-OH is 1. The van der Waals surface area contributed by atoms with Gasteiger partial charge in [-0.2, -0.15) is 0 Å². The molecule has 0 aliphatic heterocycles. The first-order chi connectivity index (χ1) is 4.16. The molecule has 0 saturated heterocycles. The Hall–Kier alpha value is 0.489. The Morgan fingerprint density at radius 2 is 2.00 bits per heavy atom. The van der Waals surface area contributed by atoms with Crippen LogP contribution in [0.3, 0.4) is 0 Å². The van der Waals surface area contributed by atoms with Crippen LogP contribution in [-0.2, 0) is 25.0 Å². The third kappa shape index (κ3) is 8.49. The van der Waals surface area contributed by atoms with Crippen molar-refractivity contribution in [2.75, 3.05) is 27.2 Å². The molecule has 0 saturated carbocycles. The molecule has 0 aromatic carbocycles. The quantitative estimate of drug-likeness (QED) is 0.535. The molecule has 2 N–H and O–H groups in total. The van der Waals surface area contributed by atoms with Crippen LogP contribution in [0.15, 0.2) is 0 Å². The molecule has 0 aromatic heterocycles. The summed E-state index contributed by atoms with van der Waals surface area (Å²) in [7, 11) is 3.67. The molecular weight excluding hydrogens is 314 g/mol. The van der Waals surface area contributed by atoms with E-state index < -0.39 is 6.10 Å². The SMILES string of the molecule is CN(C)CC(O)COO.[Ir]. The van der Waals surface area contributed by atoms with Crippen molar-refractivity contribution in [1.82, 2.24) is 4.90 Å². The Bertz CT molecular complexity index is 71.9. The predicted molar refractivity (Wildman–Crippen MR) is 33.1 cm³/mol. The second-order valence-corrected chi connectivity index (χ2v) is 2.21. The first-order valence-corrected chi connectivity index (χ1v) is 2.76. The summed E-state index contributed by atoms with van der Waals surface area (Å²) in [6.45, 7) is 0.471. The maximum absolute atomic E-state index is 8.89. The van der Waals surface area contributed by atoms with E-state index in [4.69, 9.17) is 10.4 Å². The molecule has 0 heterocycles.